The predicted molar refractivity (Wildman–Crippen MR) is 60.8 cm³/mol. The standard InChI is InChI=1S/C11H19N3O/c1-10-11(14-8-7-12-10)13-6-4-2-3-5-9-15/h7-8,15H,2-6,9H2,1H3,(H,13,14). The number of anilines is 1. The van der Waals surface area contributed by atoms with Crippen molar-refractivity contribution in [3.63, 3.8) is 0 Å². The Hall–Kier alpha value is -1.16. The zero-order chi connectivity index (χ0) is 10.9. The fraction of sp³-hybridized carbons (Fsp3) is 0.636. The van der Waals surface area contributed by atoms with Crippen LogP contribution in [0.3, 0.4) is 0 Å². The number of rotatable bonds is 7. The van der Waals surface area contributed by atoms with Crippen LogP contribution in [0.15, 0.2) is 12.4 Å². The van der Waals surface area contributed by atoms with Crippen LogP contribution in [0.4, 0.5) is 5.82 Å². The molecule has 1 aromatic heterocycles. The van der Waals surface area contributed by atoms with Gasteiger partial charge in [-0.05, 0) is 19.8 Å². The summed E-state index contributed by atoms with van der Waals surface area (Å²) in [6.07, 6.45) is 7.65. The second-order valence-corrected chi connectivity index (χ2v) is 3.55. The van der Waals surface area contributed by atoms with E-state index in [0.29, 0.717) is 6.61 Å². The van der Waals surface area contributed by atoms with E-state index in [0.717, 1.165) is 43.7 Å². The Morgan fingerprint density at radius 2 is 1.87 bits per heavy atom. The summed E-state index contributed by atoms with van der Waals surface area (Å²) >= 11 is 0. The van der Waals surface area contributed by atoms with Crippen molar-refractivity contribution >= 4 is 5.82 Å². The van der Waals surface area contributed by atoms with E-state index in [-0.39, 0.29) is 0 Å². The second kappa shape index (κ2) is 7.17. The van der Waals surface area contributed by atoms with E-state index in [1.54, 1.807) is 12.4 Å². The number of aryl methyl sites for hydroxylation is 1. The Morgan fingerprint density at radius 1 is 1.13 bits per heavy atom. The van der Waals surface area contributed by atoms with E-state index < -0.39 is 0 Å². The Kier molecular flexibility index (Phi) is 5.70. The minimum atomic E-state index is 0.302. The summed E-state index contributed by atoms with van der Waals surface area (Å²) in [5.74, 6) is 0.875. The lowest BCUT2D eigenvalue weighted by atomic mass is 10.2. The number of aromatic nitrogens is 2. The number of nitrogens with one attached hydrogen (secondary N) is 1. The highest BCUT2D eigenvalue weighted by atomic mass is 16.2. The molecule has 0 spiro atoms. The molecule has 0 fully saturated rings. The van der Waals surface area contributed by atoms with Crippen LogP contribution in [-0.4, -0.2) is 28.2 Å². The molecule has 1 heterocycles. The van der Waals surface area contributed by atoms with E-state index in [1.165, 1.54) is 0 Å². The third kappa shape index (κ3) is 4.74. The van der Waals surface area contributed by atoms with E-state index >= 15 is 0 Å². The first-order valence-electron chi connectivity index (χ1n) is 5.47. The van der Waals surface area contributed by atoms with Gasteiger partial charge in [-0.15, -0.1) is 0 Å². The highest BCUT2D eigenvalue weighted by Crippen LogP contribution is 2.06. The van der Waals surface area contributed by atoms with Gasteiger partial charge in [-0.25, -0.2) is 4.98 Å². The normalized spacial score (nSPS) is 10.3. The van der Waals surface area contributed by atoms with E-state index in [1.807, 2.05) is 6.92 Å². The molecule has 1 aromatic rings. The number of hydrogen-bond donors (Lipinski definition) is 2. The van der Waals surface area contributed by atoms with E-state index in [2.05, 4.69) is 15.3 Å². The molecule has 1 rings (SSSR count). The molecular weight excluding hydrogens is 190 g/mol. The lowest BCUT2D eigenvalue weighted by molar-refractivity contribution is 0.283. The van der Waals surface area contributed by atoms with Crippen molar-refractivity contribution in [1.29, 1.82) is 0 Å². The molecule has 2 N–H and O–H groups in total. The van der Waals surface area contributed by atoms with Crippen LogP contribution >= 0.6 is 0 Å². The van der Waals surface area contributed by atoms with Crippen molar-refractivity contribution in [2.75, 3.05) is 18.5 Å². The van der Waals surface area contributed by atoms with Gasteiger partial charge in [0, 0.05) is 25.5 Å². The lowest BCUT2D eigenvalue weighted by Gasteiger charge is -2.06. The summed E-state index contributed by atoms with van der Waals surface area (Å²) < 4.78 is 0. The Balaban J connectivity index is 2.12. The Morgan fingerprint density at radius 3 is 2.60 bits per heavy atom. The minimum Gasteiger partial charge on any atom is -0.396 e. The molecule has 0 saturated heterocycles. The molecule has 0 atom stereocenters. The first kappa shape index (κ1) is 11.9. The smallest absolute Gasteiger partial charge is 0.147 e. The summed E-state index contributed by atoms with van der Waals surface area (Å²) in [5.41, 5.74) is 0.938. The van der Waals surface area contributed by atoms with Crippen LogP contribution in [0.2, 0.25) is 0 Å². The van der Waals surface area contributed by atoms with Gasteiger partial charge < -0.3 is 10.4 Å². The van der Waals surface area contributed by atoms with Gasteiger partial charge in [0.2, 0.25) is 0 Å². The third-order valence-corrected chi connectivity index (χ3v) is 2.26. The minimum absolute atomic E-state index is 0.302. The van der Waals surface area contributed by atoms with Gasteiger partial charge in [0.1, 0.15) is 5.82 Å². The van der Waals surface area contributed by atoms with Gasteiger partial charge in [-0.3, -0.25) is 4.98 Å². The highest BCUT2D eigenvalue weighted by Gasteiger charge is 1.97. The molecule has 0 unspecified atom stereocenters. The van der Waals surface area contributed by atoms with E-state index in [9.17, 15) is 0 Å². The van der Waals surface area contributed by atoms with Crippen LogP contribution in [-0.2, 0) is 0 Å². The number of aliphatic hydroxyl groups is 1. The zero-order valence-corrected chi connectivity index (χ0v) is 9.24. The van der Waals surface area contributed by atoms with Crippen LogP contribution in [0.5, 0.6) is 0 Å². The second-order valence-electron chi connectivity index (χ2n) is 3.55. The van der Waals surface area contributed by atoms with E-state index in [4.69, 9.17) is 5.11 Å². The first-order valence-corrected chi connectivity index (χ1v) is 5.47. The zero-order valence-electron chi connectivity index (χ0n) is 9.24. The average molecular weight is 209 g/mol. The number of unbranched alkanes of at least 4 members (excludes halogenated alkanes) is 3. The summed E-state index contributed by atoms with van der Waals surface area (Å²) in [7, 11) is 0. The SMILES string of the molecule is Cc1nccnc1NCCCCCCO. The maximum atomic E-state index is 8.60. The predicted octanol–water partition coefficient (Wildman–Crippen LogP) is 1.75. The molecule has 0 radical (unpaired) electrons. The Labute approximate surface area is 90.8 Å². The summed E-state index contributed by atoms with van der Waals surface area (Å²) in [6, 6.07) is 0. The fourth-order valence-corrected chi connectivity index (χ4v) is 1.38. The monoisotopic (exact) mass is 209 g/mol. The maximum Gasteiger partial charge on any atom is 0.147 e. The van der Waals surface area contributed by atoms with Crippen molar-refractivity contribution in [2.45, 2.75) is 32.6 Å². The quantitative estimate of drug-likeness (QED) is 0.672. The van der Waals surface area contributed by atoms with Gasteiger partial charge in [-0.2, -0.15) is 0 Å². The largest absolute Gasteiger partial charge is 0.396 e. The number of hydrogen-bond acceptors (Lipinski definition) is 4. The molecular formula is C11H19N3O. The first-order chi connectivity index (χ1) is 7.34. The van der Waals surface area contributed by atoms with Crippen LogP contribution in [0.25, 0.3) is 0 Å². The third-order valence-electron chi connectivity index (χ3n) is 2.26. The number of aliphatic hydroxyl groups excluding tert-OH is 1. The van der Waals surface area contributed by atoms with Crippen molar-refractivity contribution in [3.8, 4) is 0 Å². The van der Waals surface area contributed by atoms with Gasteiger partial charge >= 0.3 is 0 Å². The summed E-state index contributed by atoms with van der Waals surface area (Å²) in [6.45, 7) is 3.17. The van der Waals surface area contributed by atoms with Crippen LogP contribution in [0.1, 0.15) is 31.4 Å². The van der Waals surface area contributed by atoms with Gasteiger partial charge in [0.25, 0.3) is 0 Å². The van der Waals surface area contributed by atoms with Crippen molar-refractivity contribution in [1.82, 2.24) is 9.97 Å². The topological polar surface area (TPSA) is 58.0 Å². The molecule has 0 aliphatic heterocycles. The number of nitrogens with zero attached hydrogens (tertiary/aromatic N) is 2. The summed E-state index contributed by atoms with van der Waals surface area (Å²) in [4.78, 5) is 8.35. The molecule has 4 nitrogen and oxygen atoms in total. The Bertz CT molecular complexity index is 278. The average Bonchev–Trinajstić information content (AvgIpc) is 2.25. The molecule has 0 aliphatic rings. The molecule has 0 amide bonds. The van der Waals surface area contributed by atoms with Crippen LogP contribution in [0, 0.1) is 6.92 Å². The highest BCUT2D eigenvalue weighted by molar-refractivity contribution is 5.37. The molecule has 0 aliphatic carbocycles. The molecule has 15 heavy (non-hydrogen) atoms. The van der Waals surface area contributed by atoms with Gasteiger partial charge in [0.05, 0.1) is 5.69 Å². The fourth-order valence-electron chi connectivity index (χ4n) is 1.38. The molecule has 0 aromatic carbocycles. The van der Waals surface area contributed by atoms with Gasteiger partial charge in [0.15, 0.2) is 0 Å². The molecule has 84 valence electrons. The van der Waals surface area contributed by atoms with Crippen molar-refractivity contribution in [3.05, 3.63) is 18.1 Å². The van der Waals surface area contributed by atoms with Crippen LogP contribution < -0.4 is 5.32 Å². The summed E-state index contributed by atoms with van der Waals surface area (Å²) in [5, 5.41) is 11.9. The van der Waals surface area contributed by atoms with Crippen molar-refractivity contribution < 1.29 is 5.11 Å². The molecule has 0 bridgehead atoms. The maximum absolute atomic E-state index is 8.60. The van der Waals surface area contributed by atoms with Gasteiger partial charge in [-0.1, -0.05) is 12.8 Å². The lowest BCUT2D eigenvalue weighted by Crippen LogP contribution is -2.05. The van der Waals surface area contributed by atoms with Crippen molar-refractivity contribution in [2.24, 2.45) is 0 Å². The molecule has 0 saturated carbocycles. The molecule has 4 heteroatoms.